The molecule has 0 aliphatic carbocycles. The zero-order valence-corrected chi connectivity index (χ0v) is 11.5. The molecule has 4 N–H and O–H groups in total. The van der Waals surface area contributed by atoms with Crippen molar-refractivity contribution in [3.8, 4) is 0 Å². The first-order valence-corrected chi connectivity index (χ1v) is 7.08. The molecular formula is C9H16N2O8S. The Morgan fingerprint density at radius 3 is 1.90 bits per heavy atom. The molecule has 1 amide bonds. The molecule has 116 valence electrons. The fraction of sp³-hybridized carbons (Fsp3) is 0.667. The molecule has 0 aliphatic heterocycles. The highest BCUT2D eigenvalue weighted by Gasteiger charge is 2.32. The molecule has 0 spiro atoms. The molecule has 0 bridgehead atoms. The Labute approximate surface area is 115 Å². The second-order valence-electron chi connectivity index (χ2n) is 3.85. The summed E-state index contributed by atoms with van der Waals surface area (Å²) in [4.78, 5) is 33.7. The predicted molar refractivity (Wildman–Crippen MR) is 65.7 cm³/mol. The number of nitrogens with zero attached hydrogens (tertiary/aromatic N) is 1. The van der Waals surface area contributed by atoms with Gasteiger partial charge in [0, 0.05) is 6.54 Å². The summed E-state index contributed by atoms with van der Waals surface area (Å²) < 4.78 is 30.6. The number of likely N-dealkylation sites (N-methyl/N-ethyl adjacent to an activating group) is 1. The van der Waals surface area contributed by atoms with Crippen LogP contribution in [0.15, 0.2) is 0 Å². The van der Waals surface area contributed by atoms with Gasteiger partial charge in [-0.25, -0.2) is 0 Å². The minimum atomic E-state index is -4.59. The zero-order chi connectivity index (χ0) is 15.9. The largest absolute Gasteiger partial charge is 0.480 e. The van der Waals surface area contributed by atoms with E-state index in [1.807, 2.05) is 0 Å². The fourth-order valence-corrected chi connectivity index (χ4v) is 2.22. The Hall–Kier alpha value is -1.72. The molecule has 1 unspecified atom stereocenters. The quantitative estimate of drug-likeness (QED) is 0.348. The highest BCUT2D eigenvalue weighted by Crippen LogP contribution is 2.04. The van der Waals surface area contributed by atoms with Crippen molar-refractivity contribution in [2.45, 2.75) is 13.0 Å². The molecule has 0 aromatic carbocycles. The van der Waals surface area contributed by atoms with Crippen LogP contribution in [0, 0.1) is 0 Å². The third-order valence-corrected chi connectivity index (χ3v) is 2.88. The third kappa shape index (κ3) is 7.66. The van der Waals surface area contributed by atoms with Crippen LogP contribution in [0.4, 0.5) is 0 Å². The van der Waals surface area contributed by atoms with Gasteiger partial charge in [-0.15, -0.1) is 0 Å². The summed E-state index contributed by atoms with van der Waals surface area (Å²) in [5.74, 6) is -4.85. The normalized spacial score (nSPS) is 12.9. The second-order valence-corrected chi connectivity index (χ2v) is 5.35. The Bertz CT molecular complexity index is 458. The molecular weight excluding hydrogens is 296 g/mol. The maximum absolute atomic E-state index is 11.7. The number of carbonyl (C=O) groups is 3. The van der Waals surface area contributed by atoms with Gasteiger partial charge < -0.3 is 15.5 Å². The van der Waals surface area contributed by atoms with Crippen molar-refractivity contribution in [2.75, 3.05) is 25.4 Å². The summed E-state index contributed by atoms with van der Waals surface area (Å²) in [6.07, 6.45) is 0. The molecule has 0 aromatic heterocycles. The zero-order valence-electron chi connectivity index (χ0n) is 10.6. The summed E-state index contributed by atoms with van der Waals surface area (Å²) >= 11 is 0. The van der Waals surface area contributed by atoms with E-state index in [9.17, 15) is 22.8 Å². The van der Waals surface area contributed by atoms with E-state index in [1.54, 1.807) is 6.92 Å². The van der Waals surface area contributed by atoms with Crippen LogP contribution in [0.3, 0.4) is 0 Å². The van der Waals surface area contributed by atoms with Crippen molar-refractivity contribution in [3.05, 3.63) is 0 Å². The molecule has 0 heterocycles. The van der Waals surface area contributed by atoms with Gasteiger partial charge in [-0.2, -0.15) is 8.42 Å². The van der Waals surface area contributed by atoms with Gasteiger partial charge in [0.25, 0.3) is 10.1 Å². The maximum atomic E-state index is 11.7. The average Bonchev–Trinajstić information content (AvgIpc) is 2.22. The topological polar surface area (TPSA) is 161 Å². The van der Waals surface area contributed by atoms with Crippen molar-refractivity contribution in [1.82, 2.24) is 10.2 Å². The predicted octanol–water partition coefficient (Wildman–Crippen LogP) is -2.15. The van der Waals surface area contributed by atoms with Crippen LogP contribution in [-0.2, 0) is 24.5 Å². The van der Waals surface area contributed by atoms with Crippen molar-refractivity contribution < 1.29 is 37.6 Å². The van der Waals surface area contributed by atoms with Crippen molar-refractivity contribution >= 4 is 28.0 Å². The first kappa shape index (κ1) is 18.3. The van der Waals surface area contributed by atoms with Gasteiger partial charge in [0.1, 0.15) is 6.04 Å². The molecule has 11 heteroatoms. The van der Waals surface area contributed by atoms with Crippen molar-refractivity contribution in [1.29, 1.82) is 0 Å². The minimum absolute atomic E-state index is 0.134. The number of amides is 1. The monoisotopic (exact) mass is 312 g/mol. The molecule has 0 fully saturated rings. The summed E-state index contributed by atoms with van der Waals surface area (Å²) in [5.41, 5.74) is 0. The standard InChI is InChI=1S/C9H16N2O8S/c1-2-10-9(16)6(5-20(17,18)19)11(3-7(12)13)4-8(14)15/h6H,2-5H2,1H3,(H,10,16)(H,12,13)(H,14,15)(H,17,18,19). The Kier molecular flexibility index (Phi) is 7.10. The number of nitrogens with one attached hydrogen (secondary N) is 1. The SMILES string of the molecule is CCNC(=O)C(CS(=O)(=O)O)N(CC(=O)O)CC(=O)O. The Balaban J connectivity index is 5.31. The summed E-state index contributed by atoms with van der Waals surface area (Å²) in [7, 11) is -4.59. The van der Waals surface area contributed by atoms with E-state index in [0.29, 0.717) is 4.90 Å². The van der Waals surface area contributed by atoms with Gasteiger partial charge in [0.2, 0.25) is 5.91 Å². The molecule has 0 radical (unpaired) electrons. The Morgan fingerprint density at radius 1 is 1.15 bits per heavy atom. The van der Waals surface area contributed by atoms with Crippen molar-refractivity contribution in [3.63, 3.8) is 0 Å². The van der Waals surface area contributed by atoms with E-state index in [0.717, 1.165) is 0 Å². The average molecular weight is 312 g/mol. The molecule has 20 heavy (non-hydrogen) atoms. The molecule has 0 rings (SSSR count). The lowest BCUT2D eigenvalue weighted by Gasteiger charge is -2.26. The van der Waals surface area contributed by atoms with Crippen molar-refractivity contribution in [2.24, 2.45) is 0 Å². The summed E-state index contributed by atoms with van der Waals surface area (Å²) in [5, 5.41) is 19.6. The number of hydrogen-bond acceptors (Lipinski definition) is 6. The van der Waals surface area contributed by atoms with Gasteiger partial charge in [0.05, 0.1) is 18.8 Å². The van der Waals surface area contributed by atoms with Crippen LogP contribution in [-0.4, -0.2) is 77.4 Å². The van der Waals surface area contributed by atoms with Crippen LogP contribution >= 0.6 is 0 Å². The molecule has 0 saturated heterocycles. The van der Waals surface area contributed by atoms with Crippen LogP contribution in [0.1, 0.15) is 6.92 Å². The summed E-state index contributed by atoms with van der Waals surface area (Å²) in [6.45, 7) is -0.0385. The van der Waals surface area contributed by atoms with Gasteiger partial charge in [-0.1, -0.05) is 0 Å². The molecule has 0 aliphatic rings. The highest BCUT2D eigenvalue weighted by atomic mass is 32.2. The lowest BCUT2D eigenvalue weighted by molar-refractivity contribution is -0.143. The van der Waals surface area contributed by atoms with Crippen LogP contribution in [0.5, 0.6) is 0 Å². The van der Waals surface area contributed by atoms with E-state index >= 15 is 0 Å². The van der Waals surface area contributed by atoms with Gasteiger partial charge in [-0.05, 0) is 6.92 Å². The lowest BCUT2D eigenvalue weighted by Crippen LogP contribution is -2.53. The molecule has 10 nitrogen and oxygen atoms in total. The van der Waals surface area contributed by atoms with Crippen LogP contribution in [0.2, 0.25) is 0 Å². The number of aliphatic carboxylic acids is 2. The molecule has 0 aromatic rings. The smallest absolute Gasteiger partial charge is 0.317 e. The van der Waals surface area contributed by atoms with Gasteiger partial charge in [0.15, 0.2) is 0 Å². The van der Waals surface area contributed by atoms with E-state index in [-0.39, 0.29) is 6.54 Å². The van der Waals surface area contributed by atoms with Crippen LogP contribution in [0.25, 0.3) is 0 Å². The van der Waals surface area contributed by atoms with Crippen LogP contribution < -0.4 is 5.32 Å². The number of rotatable bonds is 9. The minimum Gasteiger partial charge on any atom is -0.480 e. The number of hydrogen-bond donors (Lipinski definition) is 4. The first-order chi connectivity index (χ1) is 9.06. The maximum Gasteiger partial charge on any atom is 0.317 e. The number of carboxylic acids is 2. The van der Waals surface area contributed by atoms with E-state index in [1.165, 1.54) is 0 Å². The van der Waals surface area contributed by atoms with Gasteiger partial charge in [-0.3, -0.25) is 23.8 Å². The number of carbonyl (C=O) groups excluding carboxylic acids is 1. The first-order valence-electron chi connectivity index (χ1n) is 5.47. The summed E-state index contributed by atoms with van der Waals surface area (Å²) in [6, 6.07) is -1.61. The Morgan fingerprint density at radius 2 is 1.60 bits per heavy atom. The second kappa shape index (κ2) is 7.77. The molecule has 0 saturated carbocycles. The van der Waals surface area contributed by atoms with E-state index < -0.39 is 52.8 Å². The van der Waals surface area contributed by atoms with E-state index in [2.05, 4.69) is 5.32 Å². The lowest BCUT2D eigenvalue weighted by atomic mass is 10.2. The van der Waals surface area contributed by atoms with E-state index in [4.69, 9.17) is 14.8 Å². The highest BCUT2D eigenvalue weighted by molar-refractivity contribution is 7.85. The molecule has 1 atom stereocenters. The fourth-order valence-electron chi connectivity index (χ4n) is 1.46. The van der Waals surface area contributed by atoms with Gasteiger partial charge >= 0.3 is 11.9 Å². The number of carboxylic acid groups (broad SMARTS) is 2. The third-order valence-electron chi connectivity index (χ3n) is 2.14.